The summed E-state index contributed by atoms with van der Waals surface area (Å²) >= 11 is 0. The predicted octanol–water partition coefficient (Wildman–Crippen LogP) is -0.235. The van der Waals surface area contributed by atoms with Crippen molar-refractivity contribution >= 4 is 11.9 Å². The van der Waals surface area contributed by atoms with E-state index in [4.69, 9.17) is 10.4 Å². The number of nitrogens with zero attached hydrogens (tertiary/aromatic N) is 3. The van der Waals surface area contributed by atoms with E-state index in [-0.39, 0.29) is 18.9 Å². The number of carboxylic acids is 1. The van der Waals surface area contributed by atoms with Gasteiger partial charge in [-0.1, -0.05) is 0 Å². The highest BCUT2D eigenvalue weighted by atomic mass is 16.4. The van der Waals surface area contributed by atoms with Crippen LogP contribution in [0, 0.1) is 11.3 Å². The normalized spacial score (nSPS) is 9.88. The van der Waals surface area contributed by atoms with Crippen LogP contribution >= 0.6 is 0 Å². The molecule has 0 saturated carbocycles. The number of hydrogen-bond acceptors (Lipinski definition) is 4. The summed E-state index contributed by atoms with van der Waals surface area (Å²) in [6, 6.07) is 1.96. The number of hydrogen-bond donors (Lipinski definition) is 1. The van der Waals surface area contributed by atoms with E-state index < -0.39 is 5.97 Å². The predicted molar refractivity (Wildman–Crippen MR) is 57.6 cm³/mol. The Bertz CT molecular complexity index is 286. The summed E-state index contributed by atoms with van der Waals surface area (Å²) in [5.41, 5.74) is 0. The lowest BCUT2D eigenvalue weighted by Gasteiger charge is -2.20. The van der Waals surface area contributed by atoms with Crippen LogP contribution in [0.4, 0.5) is 0 Å². The Hall–Kier alpha value is -1.61. The fourth-order valence-corrected chi connectivity index (χ4v) is 1.06. The van der Waals surface area contributed by atoms with Gasteiger partial charge < -0.3 is 10.0 Å². The average molecular weight is 227 g/mol. The van der Waals surface area contributed by atoms with Gasteiger partial charge in [-0.2, -0.15) is 5.26 Å². The number of nitriles is 1. The summed E-state index contributed by atoms with van der Waals surface area (Å²) in [6.07, 6.45) is 0.326. The smallest absolute Gasteiger partial charge is 0.304 e. The van der Waals surface area contributed by atoms with Crippen molar-refractivity contribution in [1.29, 1.82) is 5.26 Å². The highest BCUT2D eigenvalue weighted by molar-refractivity contribution is 5.78. The van der Waals surface area contributed by atoms with Crippen LogP contribution in [0.1, 0.15) is 12.8 Å². The lowest BCUT2D eigenvalue weighted by atomic mass is 10.3. The SMILES string of the molecule is CN(CCC(=O)O)CC(=O)N(C)CCC#N. The highest BCUT2D eigenvalue weighted by Gasteiger charge is 2.11. The van der Waals surface area contributed by atoms with Crippen LogP contribution in [0.5, 0.6) is 0 Å². The first kappa shape index (κ1) is 14.4. The molecule has 0 bridgehead atoms. The molecule has 0 radical (unpaired) electrons. The van der Waals surface area contributed by atoms with E-state index in [0.29, 0.717) is 19.5 Å². The standard InChI is InChI=1S/C10H17N3O3/c1-12(7-4-10(15)16)8-9(14)13(2)6-3-5-11/h3-4,6-8H2,1-2H3,(H,15,16). The molecule has 0 unspecified atom stereocenters. The van der Waals surface area contributed by atoms with Crippen LogP contribution in [-0.4, -0.2) is 60.5 Å². The van der Waals surface area contributed by atoms with Gasteiger partial charge in [-0.3, -0.25) is 14.5 Å². The molecule has 0 aromatic rings. The molecular weight excluding hydrogens is 210 g/mol. The zero-order chi connectivity index (χ0) is 12.6. The minimum Gasteiger partial charge on any atom is -0.481 e. The first-order valence-corrected chi connectivity index (χ1v) is 4.98. The van der Waals surface area contributed by atoms with Crippen molar-refractivity contribution in [3.63, 3.8) is 0 Å². The lowest BCUT2D eigenvalue weighted by molar-refractivity contribution is -0.138. The number of amides is 1. The number of carbonyl (C=O) groups excluding carboxylic acids is 1. The van der Waals surface area contributed by atoms with E-state index in [1.54, 1.807) is 19.0 Å². The second kappa shape index (κ2) is 7.65. The third kappa shape index (κ3) is 6.79. The van der Waals surface area contributed by atoms with E-state index in [0.717, 1.165) is 0 Å². The molecular formula is C10H17N3O3. The van der Waals surface area contributed by atoms with Crippen LogP contribution in [0.15, 0.2) is 0 Å². The number of carboxylic acid groups (broad SMARTS) is 1. The third-order valence-electron chi connectivity index (χ3n) is 2.10. The maximum atomic E-state index is 11.5. The van der Waals surface area contributed by atoms with Gasteiger partial charge in [-0.25, -0.2) is 0 Å². The fraction of sp³-hybridized carbons (Fsp3) is 0.700. The first-order valence-electron chi connectivity index (χ1n) is 4.98. The molecule has 0 aliphatic carbocycles. The molecule has 1 N–H and O–H groups in total. The molecule has 16 heavy (non-hydrogen) atoms. The molecule has 0 fully saturated rings. The summed E-state index contributed by atoms with van der Waals surface area (Å²) in [5.74, 6) is -0.986. The summed E-state index contributed by atoms with van der Waals surface area (Å²) in [7, 11) is 3.32. The second-order valence-electron chi connectivity index (χ2n) is 3.60. The van der Waals surface area contributed by atoms with Crippen LogP contribution in [0.2, 0.25) is 0 Å². The molecule has 0 spiro atoms. The van der Waals surface area contributed by atoms with E-state index >= 15 is 0 Å². The molecule has 0 aliphatic heterocycles. The topological polar surface area (TPSA) is 84.6 Å². The Labute approximate surface area is 95.1 Å². The zero-order valence-electron chi connectivity index (χ0n) is 9.64. The minimum atomic E-state index is -0.878. The minimum absolute atomic E-state index is 0.0195. The van der Waals surface area contributed by atoms with Gasteiger partial charge >= 0.3 is 5.97 Å². The van der Waals surface area contributed by atoms with Crippen molar-refractivity contribution in [3.8, 4) is 6.07 Å². The molecule has 0 aliphatic rings. The summed E-state index contributed by atoms with van der Waals surface area (Å²) < 4.78 is 0. The number of carbonyl (C=O) groups is 2. The van der Waals surface area contributed by atoms with E-state index in [1.807, 2.05) is 6.07 Å². The Morgan fingerprint density at radius 2 is 1.94 bits per heavy atom. The van der Waals surface area contributed by atoms with E-state index in [1.165, 1.54) is 4.90 Å². The van der Waals surface area contributed by atoms with Crippen LogP contribution in [0.25, 0.3) is 0 Å². The fourth-order valence-electron chi connectivity index (χ4n) is 1.06. The molecule has 0 atom stereocenters. The largest absolute Gasteiger partial charge is 0.481 e. The number of likely N-dealkylation sites (N-methyl/N-ethyl adjacent to an activating group) is 2. The van der Waals surface area contributed by atoms with E-state index in [9.17, 15) is 9.59 Å². The Kier molecular flexibility index (Phi) is 6.88. The van der Waals surface area contributed by atoms with Gasteiger partial charge in [-0.15, -0.1) is 0 Å². The van der Waals surface area contributed by atoms with Crippen LogP contribution in [-0.2, 0) is 9.59 Å². The van der Waals surface area contributed by atoms with Crippen LogP contribution < -0.4 is 0 Å². The molecule has 0 saturated heterocycles. The molecule has 0 aromatic heterocycles. The summed E-state index contributed by atoms with van der Waals surface area (Å²) in [6.45, 7) is 0.921. The summed E-state index contributed by atoms with van der Waals surface area (Å²) in [4.78, 5) is 25.0. The molecule has 6 nitrogen and oxygen atoms in total. The second-order valence-corrected chi connectivity index (χ2v) is 3.60. The van der Waals surface area contributed by atoms with Gasteiger partial charge in [0.25, 0.3) is 0 Å². The quantitative estimate of drug-likeness (QED) is 0.649. The summed E-state index contributed by atoms with van der Waals surface area (Å²) in [5, 5.41) is 16.8. The molecule has 6 heteroatoms. The van der Waals surface area contributed by atoms with Crippen molar-refractivity contribution in [3.05, 3.63) is 0 Å². The van der Waals surface area contributed by atoms with Crippen molar-refractivity contribution in [1.82, 2.24) is 9.80 Å². The Balaban J connectivity index is 3.85. The first-order chi connectivity index (χ1) is 7.47. The van der Waals surface area contributed by atoms with Gasteiger partial charge in [-0.05, 0) is 7.05 Å². The molecule has 1 amide bonds. The van der Waals surface area contributed by atoms with Gasteiger partial charge in [0, 0.05) is 20.1 Å². The Morgan fingerprint density at radius 1 is 1.31 bits per heavy atom. The molecule has 0 heterocycles. The lowest BCUT2D eigenvalue weighted by Crippen LogP contribution is -2.37. The monoisotopic (exact) mass is 227 g/mol. The Morgan fingerprint density at radius 3 is 2.44 bits per heavy atom. The maximum Gasteiger partial charge on any atom is 0.304 e. The van der Waals surface area contributed by atoms with Gasteiger partial charge in [0.15, 0.2) is 0 Å². The maximum absolute atomic E-state index is 11.5. The molecule has 0 rings (SSSR count). The average Bonchev–Trinajstić information content (AvgIpc) is 2.22. The van der Waals surface area contributed by atoms with Crippen molar-refractivity contribution in [2.45, 2.75) is 12.8 Å². The molecule has 90 valence electrons. The van der Waals surface area contributed by atoms with Gasteiger partial charge in [0.2, 0.25) is 5.91 Å². The third-order valence-corrected chi connectivity index (χ3v) is 2.10. The van der Waals surface area contributed by atoms with Crippen molar-refractivity contribution in [2.75, 3.05) is 33.7 Å². The molecule has 0 aromatic carbocycles. The highest BCUT2D eigenvalue weighted by Crippen LogP contribution is 1.93. The number of aliphatic carboxylic acids is 1. The van der Waals surface area contributed by atoms with Crippen LogP contribution in [0.3, 0.4) is 0 Å². The van der Waals surface area contributed by atoms with Gasteiger partial charge in [0.05, 0.1) is 25.5 Å². The number of rotatable bonds is 7. The van der Waals surface area contributed by atoms with Crippen molar-refractivity contribution < 1.29 is 14.7 Å². The van der Waals surface area contributed by atoms with Gasteiger partial charge in [0.1, 0.15) is 0 Å². The van der Waals surface area contributed by atoms with E-state index in [2.05, 4.69) is 0 Å². The van der Waals surface area contributed by atoms with Crippen molar-refractivity contribution in [2.24, 2.45) is 0 Å². The zero-order valence-corrected chi connectivity index (χ0v) is 9.64.